The molecular weight excluding hydrogens is 439 g/mol. The van der Waals surface area contributed by atoms with Crippen molar-refractivity contribution in [1.82, 2.24) is 15.1 Å². The van der Waals surface area contributed by atoms with Gasteiger partial charge < -0.3 is 18.8 Å². The highest BCUT2D eigenvalue weighted by molar-refractivity contribution is 5.97. The largest absolute Gasteiger partial charge is 0.497 e. The van der Waals surface area contributed by atoms with Gasteiger partial charge in [0.1, 0.15) is 11.5 Å². The number of hydrogen-bond donors (Lipinski definition) is 0. The molecule has 1 aliphatic heterocycles. The summed E-state index contributed by atoms with van der Waals surface area (Å²) in [6.07, 6.45) is -2.92. The average Bonchev–Trinajstić information content (AvgIpc) is 3.33. The van der Waals surface area contributed by atoms with Crippen LogP contribution in [0.25, 0.3) is 11.5 Å². The predicted octanol–water partition coefficient (Wildman–Crippen LogP) is 4.79. The molecule has 1 aliphatic rings. The number of carbonyl (C=O) groups is 1. The summed E-state index contributed by atoms with van der Waals surface area (Å²) >= 11 is 0. The van der Waals surface area contributed by atoms with E-state index in [1.165, 1.54) is 26.4 Å². The van der Waals surface area contributed by atoms with Gasteiger partial charge in [-0.1, -0.05) is 0 Å². The molecule has 2 aromatic carbocycles. The quantitative estimate of drug-likeness (QED) is 0.544. The number of ether oxygens (including phenoxy) is 2. The molecular formula is C23H22F3N3O4. The van der Waals surface area contributed by atoms with Crippen LogP contribution in [-0.4, -0.2) is 48.3 Å². The minimum absolute atomic E-state index is 0.138. The average molecular weight is 461 g/mol. The Morgan fingerprint density at radius 1 is 1.09 bits per heavy atom. The lowest BCUT2D eigenvalue weighted by Crippen LogP contribution is -2.39. The first-order chi connectivity index (χ1) is 15.8. The summed E-state index contributed by atoms with van der Waals surface area (Å²) < 4.78 is 54.6. The lowest BCUT2D eigenvalue weighted by Gasteiger charge is -2.31. The van der Waals surface area contributed by atoms with E-state index in [2.05, 4.69) is 10.2 Å². The van der Waals surface area contributed by atoms with Crippen molar-refractivity contribution in [2.45, 2.75) is 24.9 Å². The van der Waals surface area contributed by atoms with Gasteiger partial charge in [-0.15, -0.1) is 10.2 Å². The normalized spacial score (nSPS) is 16.5. The van der Waals surface area contributed by atoms with Gasteiger partial charge in [0.25, 0.3) is 5.91 Å². The van der Waals surface area contributed by atoms with E-state index < -0.39 is 11.7 Å². The van der Waals surface area contributed by atoms with Gasteiger partial charge >= 0.3 is 6.18 Å². The van der Waals surface area contributed by atoms with Crippen LogP contribution in [0.1, 0.15) is 40.6 Å². The van der Waals surface area contributed by atoms with E-state index >= 15 is 0 Å². The molecule has 10 heteroatoms. The van der Waals surface area contributed by atoms with Crippen LogP contribution in [0, 0.1) is 0 Å². The van der Waals surface area contributed by atoms with E-state index in [1.54, 1.807) is 23.1 Å². The number of methoxy groups -OCH3 is 2. The van der Waals surface area contributed by atoms with Gasteiger partial charge in [0.2, 0.25) is 11.8 Å². The number of likely N-dealkylation sites (tertiary alicyclic amines) is 1. The number of carbonyl (C=O) groups excluding carboxylic acids is 1. The van der Waals surface area contributed by atoms with Gasteiger partial charge in [0.15, 0.2) is 0 Å². The van der Waals surface area contributed by atoms with Gasteiger partial charge in [0, 0.05) is 24.7 Å². The summed E-state index contributed by atoms with van der Waals surface area (Å²) in [5.74, 6) is 1.14. The fourth-order valence-electron chi connectivity index (χ4n) is 3.83. The van der Waals surface area contributed by atoms with Crippen molar-refractivity contribution in [2.75, 3.05) is 27.3 Å². The maximum absolute atomic E-state index is 13.1. The summed E-state index contributed by atoms with van der Waals surface area (Å²) in [4.78, 5) is 14.9. The van der Waals surface area contributed by atoms with E-state index in [0.29, 0.717) is 41.6 Å². The fourth-order valence-corrected chi connectivity index (χ4v) is 3.83. The fraction of sp³-hybridized carbons (Fsp3) is 0.348. The molecule has 1 amide bonds. The summed E-state index contributed by atoms with van der Waals surface area (Å²) in [6.45, 7) is 0.951. The van der Waals surface area contributed by atoms with Gasteiger partial charge in [0.05, 0.1) is 31.3 Å². The minimum atomic E-state index is -4.41. The molecule has 2 heterocycles. The first-order valence-corrected chi connectivity index (χ1v) is 10.3. The lowest BCUT2D eigenvalue weighted by molar-refractivity contribution is -0.137. The number of amides is 1. The van der Waals surface area contributed by atoms with Crippen LogP contribution in [-0.2, 0) is 6.18 Å². The molecule has 33 heavy (non-hydrogen) atoms. The Bertz CT molecular complexity index is 1130. The van der Waals surface area contributed by atoms with Crippen molar-refractivity contribution in [3.63, 3.8) is 0 Å². The zero-order chi connectivity index (χ0) is 23.6. The SMILES string of the molecule is COc1ccc(C(=O)N2CCCC(c3nnc(-c4ccc(C(F)(F)F)cc4)o3)C2)c(OC)c1. The zero-order valence-electron chi connectivity index (χ0n) is 18.1. The Morgan fingerprint density at radius 3 is 2.52 bits per heavy atom. The molecule has 174 valence electrons. The Labute approximate surface area is 188 Å². The molecule has 1 aromatic heterocycles. The lowest BCUT2D eigenvalue weighted by atomic mass is 9.97. The second-order valence-corrected chi connectivity index (χ2v) is 7.68. The number of rotatable bonds is 5. The summed E-state index contributed by atoms with van der Waals surface area (Å²) in [7, 11) is 3.03. The number of benzene rings is 2. The van der Waals surface area contributed by atoms with Crippen molar-refractivity contribution >= 4 is 5.91 Å². The monoisotopic (exact) mass is 461 g/mol. The summed E-state index contributed by atoms with van der Waals surface area (Å²) in [6, 6.07) is 9.57. The number of halogens is 3. The minimum Gasteiger partial charge on any atom is -0.497 e. The number of alkyl halides is 3. The van der Waals surface area contributed by atoms with Crippen LogP contribution in [0.3, 0.4) is 0 Å². The Hall–Kier alpha value is -3.56. The van der Waals surface area contributed by atoms with Gasteiger partial charge in [-0.25, -0.2) is 0 Å². The van der Waals surface area contributed by atoms with Crippen LogP contribution in [0.2, 0.25) is 0 Å². The third-order valence-electron chi connectivity index (χ3n) is 5.60. The molecule has 0 bridgehead atoms. The highest BCUT2D eigenvalue weighted by Crippen LogP contribution is 2.33. The van der Waals surface area contributed by atoms with E-state index in [0.717, 1.165) is 25.0 Å². The molecule has 1 saturated heterocycles. The number of nitrogens with zero attached hydrogens (tertiary/aromatic N) is 3. The molecule has 7 nitrogen and oxygen atoms in total. The third-order valence-corrected chi connectivity index (χ3v) is 5.60. The molecule has 0 N–H and O–H groups in total. The molecule has 1 unspecified atom stereocenters. The molecule has 0 spiro atoms. The van der Waals surface area contributed by atoms with Crippen molar-refractivity contribution in [3.05, 3.63) is 59.5 Å². The third kappa shape index (κ3) is 4.79. The molecule has 0 aliphatic carbocycles. The highest BCUT2D eigenvalue weighted by Gasteiger charge is 2.32. The standard InChI is InChI=1S/C23H22F3N3O4/c1-31-17-9-10-18(19(12-17)32-2)22(30)29-11-3-4-15(13-29)21-28-27-20(33-21)14-5-7-16(8-6-14)23(24,25)26/h5-10,12,15H,3-4,11,13H2,1-2H3. The van der Waals surface area contributed by atoms with Crippen molar-refractivity contribution in [2.24, 2.45) is 0 Å². The summed E-state index contributed by atoms with van der Waals surface area (Å²) in [5, 5.41) is 8.09. The molecule has 1 atom stereocenters. The van der Waals surface area contributed by atoms with Crippen LogP contribution < -0.4 is 9.47 Å². The second kappa shape index (κ2) is 9.13. The zero-order valence-corrected chi connectivity index (χ0v) is 18.1. The first kappa shape index (κ1) is 22.6. The Morgan fingerprint density at radius 2 is 1.85 bits per heavy atom. The Balaban J connectivity index is 1.49. The van der Waals surface area contributed by atoms with E-state index in [9.17, 15) is 18.0 Å². The van der Waals surface area contributed by atoms with Crippen molar-refractivity contribution in [3.8, 4) is 23.0 Å². The predicted molar refractivity (Wildman–Crippen MR) is 112 cm³/mol. The van der Waals surface area contributed by atoms with Crippen LogP contribution in [0.4, 0.5) is 13.2 Å². The number of aromatic nitrogens is 2. The molecule has 0 radical (unpaired) electrons. The topological polar surface area (TPSA) is 77.7 Å². The summed E-state index contributed by atoms with van der Waals surface area (Å²) in [5.41, 5.74) is 0.0739. The highest BCUT2D eigenvalue weighted by atomic mass is 19.4. The maximum atomic E-state index is 13.1. The van der Waals surface area contributed by atoms with Gasteiger partial charge in [-0.3, -0.25) is 4.79 Å². The van der Waals surface area contributed by atoms with E-state index in [-0.39, 0.29) is 17.7 Å². The number of hydrogen-bond acceptors (Lipinski definition) is 6. The number of piperidine rings is 1. The second-order valence-electron chi connectivity index (χ2n) is 7.68. The van der Waals surface area contributed by atoms with Crippen molar-refractivity contribution < 1.29 is 31.9 Å². The maximum Gasteiger partial charge on any atom is 0.416 e. The first-order valence-electron chi connectivity index (χ1n) is 10.3. The van der Waals surface area contributed by atoms with Gasteiger partial charge in [-0.05, 0) is 49.2 Å². The van der Waals surface area contributed by atoms with Crippen LogP contribution in [0.5, 0.6) is 11.5 Å². The smallest absolute Gasteiger partial charge is 0.416 e. The molecule has 3 aromatic rings. The van der Waals surface area contributed by atoms with Crippen molar-refractivity contribution in [1.29, 1.82) is 0 Å². The van der Waals surface area contributed by atoms with Gasteiger partial charge in [-0.2, -0.15) is 13.2 Å². The Kier molecular flexibility index (Phi) is 6.26. The van der Waals surface area contributed by atoms with E-state index in [1.807, 2.05) is 0 Å². The van der Waals surface area contributed by atoms with E-state index in [4.69, 9.17) is 13.9 Å². The van der Waals surface area contributed by atoms with Crippen LogP contribution >= 0.6 is 0 Å². The molecule has 1 fully saturated rings. The molecule has 0 saturated carbocycles. The van der Waals surface area contributed by atoms with Crippen LogP contribution in [0.15, 0.2) is 46.9 Å². The molecule has 4 rings (SSSR count).